The number of benzene rings is 1. The van der Waals surface area contributed by atoms with E-state index in [-0.39, 0.29) is 12.0 Å². The monoisotopic (exact) mass is 349 g/mol. The Hall–Kier alpha value is -1.36. The highest BCUT2D eigenvalue weighted by Crippen LogP contribution is 2.36. The quantitative estimate of drug-likeness (QED) is 0.877. The summed E-state index contributed by atoms with van der Waals surface area (Å²) >= 11 is 7.80. The zero-order valence-corrected chi connectivity index (χ0v) is 14.6. The summed E-state index contributed by atoms with van der Waals surface area (Å²) in [6, 6.07) is 12.3. The predicted molar refractivity (Wildman–Crippen MR) is 94.3 cm³/mol. The van der Waals surface area contributed by atoms with Gasteiger partial charge in [-0.25, -0.2) is 0 Å². The summed E-state index contributed by atoms with van der Waals surface area (Å²) in [7, 11) is 0. The molecule has 1 aromatic heterocycles. The molecular weight excluding hydrogens is 330 g/mol. The van der Waals surface area contributed by atoms with E-state index in [0.29, 0.717) is 6.54 Å². The lowest BCUT2D eigenvalue weighted by atomic mass is 9.94. The Labute approximate surface area is 145 Å². The number of carboxylic acid groups (broad SMARTS) is 1. The van der Waals surface area contributed by atoms with E-state index in [9.17, 15) is 9.90 Å². The first-order valence-corrected chi connectivity index (χ1v) is 9.02. The van der Waals surface area contributed by atoms with Crippen molar-refractivity contribution in [1.29, 1.82) is 0 Å². The average Bonchev–Trinajstić information content (AvgIpc) is 2.96. The summed E-state index contributed by atoms with van der Waals surface area (Å²) < 4.78 is 0. The van der Waals surface area contributed by atoms with Crippen molar-refractivity contribution >= 4 is 28.9 Å². The van der Waals surface area contributed by atoms with Crippen LogP contribution >= 0.6 is 22.9 Å². The maximum absolute atomic E-state index is 11.4. The number of carbonyl (C=O) groups is 1. The lowest BCUT2D eigenvalue weighted by Gasteiger charge is -2.37. The molecule has 0 spiro atoms. The number of likely N-dealkylation sites (tertiary alicyclic amines) is 1. The number of nitrogens with zero attached hydrogens (tertiary/aromatic N) is 1. The summed E-state index contributed by atoms with van der Waals surface area (Å²) in [6.07, 6.45) is 1.69. The van der Waals surface area contributed by atoms with E-state index in [4.69, 9.17) is 11.6 Å². The summed E-state index contributed by atoms with van der Waals surface area (Å²) in [5.41, 5.74) is 1.17. The van der Waals surface area contributed by atoms with Crippen LogP contribution in [0.25, 0.3) is 0 Å². The average molecular weight is 350 g/mol. The van der Waals surface area contributed by atoms with Crippen molar-refractivity contribution < 1.29 is 9.90 Å². The number of hydrogen-bond acceptors (Lipinski definition) is 3. The molecule has 2 atom stereocenters. The lowest BCUT2D eigenvalue weighted by Crippen LogP contribution is -2.41. The van der Waals surface area contributed by atoms with E-state index in [1.165, 1.54) is 15.3 Å². The van der Waals surface area contributed by atoms with E-state index in [2.05, 4.69) is 24.0 Å². The highest BCUT2D eigenvalue weighted by Gasteiger charge is 2.31. The first kappa shape index (κ1) is 16.5. The maximum Gasteiger partial charge on any atom is 0.307 e. The van der Waals surface area contributed by atoms with Crippen LogP contribution < -0.4 is 0 Å². The van der Waals surface area contributed by atoms with Crippen molar-refractivity contribution in [2.75, 3.05) is 13.1 Å². The molecule has 0 radical (unpaired) electrons. The molecule has 1 N–H and O–H groups in total. The fourth-order valence-corrected chi connectivity index (χ4v) is 4.41. The molecular formula is C18H20ClNO2S. The van der Waals surface area contributed by atoms with Crippen LogP contribution in [0.2, 0.25) is 5.02 Å². The molecule has 1 aliphatic heterocycles. The Bertz CT molecular complexity index is 683. The third kappa shape index (κ3) is 3.77. The molecule has 0 aliphatic carbocycles. The van der Waals surface area contributed by atoms with E-state index in [0.717, 1.165) is 24.4 Å². The minimum Gasteiger partial charge on any atom is -0.481 e. The van der Waals surface area contributed by atoms with Gasteiger partial charge in [0.1, 0.15) is 0 Å². The molecule has 1 aromatic carbocycles. The molecule has 2 aromatic rings. The number of aliphatic carboxylic acids is 1. The normalized spacial score (nSPS) is 20.3. The van der Waals surface area contributed by atoms with Crippen LogP contribution in [0.4, 0.5) is 0 Å². The fourth-order valence-electron chi connectivity index (χ4n) is 3.24. The molecule has 2 heterocycles. The van der Waals surface area contributed by atoms with Crippen molar-refractivity contribution in [3.8, 4) is 0 Å². The van der Waals surface area contributed by atoms with Gasteiger partial charge in [-0.15, -0.1) is 11.3 Å². The minimum absolute atomic E-state index is 0.105. The molecule has 23 heavy (non-hydrogen) atoms. The van der Waals surface area contributed by atoms with Crippen molar-refractivity contribution in [2.45, 2.75) is 25.8 Å². The molecule has 5 heteroatoms. The number of halogens is 1. The topological polar surface area (TPSA) is 40.5 Å². The third-order valence-corrected chi connectivity index (χ3v) is 5.69. The highest BCUT2D eigenvalue weighted by atomic mass is 35.5. The van der Waals surface area contributed by atoms with Gasteiger partial charge in [0.25, 0.3) is 0 Å². The number of hydrogen-bond donors (Lipinski definition) is 1. The molecule has 1 fully saturated rings. The summed E-state index contributed by atoms with van der Waals surface area (Å²) in [5, 5.41) is 10.1. The van der Waals surface area contributed by atoms with Crippen LogP contribution in [0.1, 0.15) is 34.2 Å². The summed E-state index contributed by atoms with van der Waals surface area (Å²) in [6.45, 7) is 3.62. The maximum atomic E-state index is 11.4. The zero-order chi connectivity index (χ0) is 16.4. The molecule has 0 saturated carbocycles. The molecule has 0 amide bonds. The Morgan fingerprint density at radius 1 is 1.30 bits per heavy atom. The van der Waals surface area contributed by atoms with Crippen molar-refractivity contribution in [2.24, 2.45) is 5.92 Å². The van der Waals surface area contributed by atoms with E-state index < -0.39 is 5.97 Å². The Kier molecular flexibility index (Phi) is 5.05. The zero-order valence-electron chi connectivity index (χ0n) is 13.0. The van der Waals surface area contributed by atoms with Crippen molar-refractivity contribution in [3.05, 3.63) is 56.7 Å². The lowest BCUT2D eigenvalue weighted by molar-refractivity contribution is -0.143. The van der Waals surface area contributed by atoms with Gasteiger partial charge in [-0.3, -0.25) is 9.69 Å². The van der Waals surface area contributed by atoms with Gasteiger partial charge in [0, 0.05) is 21.3 Å². The van der Waals surface area contributed by atoms with Gasteiger partial charge >= 0.3 is 5.97 Å². The van der Waals surface area contributed by atoms with E-state index >= 15 is 0 Å². The molecule has 3 rings (SSSR count). The van der Waals surface area contributed by atoms with Crippen LogP contribution in [-0.4, -0.2) is 29.1 Å². The molecule has 122 valence electrons. The van der Waals surface area contributed by atoms with Gasteiger partial charge < -0.3 is 5.11 Å². The van der Waals surface area contributed by atoms with Crippen LogP contribution in [0, 0.1) is 12.8 Å². The Morgan fingerprint density at radius 3 is 2.65 bits per heavy atom. The summed E-state index contributed by atoms with van der Waals surface area (Å²) in [4.78, 5) is 16.2. The van der Waals surface area contributed by atoms with E-state index in [1.807, 2.05) is 24.3 Å². The summed E-state index contributed by atoms with van der Waals surface area (Å²) in [5.74, 6) is -0.966. The second-order valence-corrected chi connectivity index (χ2v) is 7.83. The fraction of sp³-hybridized carbons (Fsp3) is 0.389. The molecule has 2 unspecified atom stereocenters. The van der Waals surface area contributed by atoms with Crippen LogP contribution in [-0.2, 0) is 4.79 Å². The largest absolute Gasteiger partial charge is 0.481 e. The van der Waals surface area contributed by atoms with Crippen LogP contribution in [0.3, 0.4) is 0 Å². The number of thiophene rings is 1. The predicted octanol–water partition coefficient (Wildman–Crippen LogP) is 4.60. The Balaban J connectivity index is 1.94. The molecule has 0 bridgehead atoms. The number of piperidine rings is 1. The second-order valence-electron chi connectivity index (χ2n) is 6.07. The second kappa shape index (κ2) is 7.04. The standard InChI is InChI=1S/C18H20ClNO2S/c1-12-4-9-16(23-12)17(13-5-7-15(19)8-6-13)20-10-2-3-14(11-20)18(21)22/h4-9,14,17H,2-3,10-11H2,1H3,(H,21,22). The van der Waals surface area contributed by atoms with Crippen molar-refractivity contribution in [3.63, 3.8) is 0 Å². The number of carboxylic acids is 1. The number of rotatable bonds is 4. The van der Waals surface area contributed by atoms with Gasteiger partial charge in [-0.05, 0) is 56.1 Å². The van der Waals surface area contributed by atoms with Gasteiger partial charge in [-0.1, -0.05) is 23.7 Å². The highest BCUT2D eigenvalue weighted by molar-refractivity contribution is 7.12. The van der Waals surface area contributed by atoms with Gasteiger partial charge in [-0.2, -0.15) is 0 Å². The molecule has 3 nitrogen and oxygen atoms in total. The third-order valence-electron chi connectivity index (χ3n) is 4.38. The van der Waals surface area contributed by atoms with Crippen LogP contribution in [0.5, 0.6) is 0 Å². The first-order valence-electron chi connectivity index (χ1n) is 7.83. The number of aryl methyl sites for hydroxylation is 1. The first-order chi connectivity index (χ1) is 11.0. The van der Waals surface area contributed by atoms with Crippen LogP contribution in [0.15, 0.2) is 36.4 Å². The van der Waals surface area contributed by atoms with Gasteiger partial charge in [0.05, 0.1) is 12.0 Å². The molecule has 1 aliphatic rings. The SMILES string of the molecule is Cc1ccc(C(c2ccc(Cl)cc2)N2CCCC(C(=O)O)C2)s1. The minimum atomic E-state index is -0.688. The smallest absolute Gasteiger partial charge is 0.307 e. The Morgan fingerprint density at radius 2 is 2.04 bits per heavy atom. The van der Waals surface area contributed by atoms with E-state index in [1.54, 1.807) is 11.3 Å². The van der Waals surface area contributed by atoms with Gasteiger partial charge in [0.2, 0.25) is 0 Å². The van der Waals surface area contributed by atoms with Gasteiger partial charge in [0.15, 0.2) is 0 Å². The van der Waals surface area contributed by atoms with Crippen molar-refractivity contribution in [1.82, 2.24) is 4.90 Å². The molecule has 1 saturated heterocycles.